The third-order valence-corrected chi connectivity index (χ3v) is 7.84. The van der Waals surface area contributed by atoms with Gasteiger partial charge in [-0.15, -0.1) is 11.8 Å². The van der Waals surface area contributed by atoms with Crippen molar-refractivity contribution in [3.8, 4) is 0 Å². The van der Waals surface area contributed by atoms with Crippen molar-refractivity contribution in [1.82, 2.24) is 5.32 Å². The van der Waals surface area contributed by atoms with Gasteiger partial charge >= 0.3 is 6.09 Å². The topological polar surface area (TPSA) is 61.9 Å². The lowest BCUT2D eigenvalue weighted by Crippen LogP contribution is -2.66. The van der Waals surface area contributed by atoms with Gasteiger partial charge in [0.25, 0.3) is 0 Å². The number of benzene rings is 1. The van der Waals surface area contributed by atoms with Crippen molar-refractivity contribution < 1.29 is 23.1 Å². The Bertz CT molecular complexity index is 846. The maximum atomic E-state index is 14.8. The van der Waals surface area contributed by atoms with E-state index in [0.717, 1.165) is 18.6 Å². The number of hydrogen-bond acceptors (Lipinski definition) is 5. The zero-order valence-corrected chi connectivity index (χ0v) is 16.2. The van der Waals surface area contributed by atoms with Crippen LogP contribution in [0.1, 0.15) is 26.2 Å². The van der Waals surface area contributed by atoms with E-state index < -0.39 is 23.8 Å². The second-order valence-electron chi connectivity index (χ2n) is 7.84. The van der Waals surface area contributed by atoms with Crippen molar-refractivity contribution in [2.45, 2.75) is 49.1 Å². The first-order valence-corrected chi connectivity index (χ1v) is 10.6. The second-order valence-corrected chi connectivity index (χ2v) is 9.22. The number of nitrogens with one attached hydrogen (secondary N) is 1. The highest BCUT2D eigenvalue weighted by Gasteiger charge is 2.79. The molecule has 4 atom stereocenters. The van der Waals surface area contributed by atoms with Crippen LogP contribution in [0.4, 0.5) is 25.0 Å². The summed E-state index contributed by atoms with van der Waals surface area (Å²) in [7, 11) is 0. The first kappa shape index (κ1) is 18.0. The largest absolute Gasteiger partial charge is 0.442 e. The number of amides is 2. The van der Waals surface area contributed by atoms with Gasteiger partial charge in [-0.3, -0.25) is 9.69 Å². The molecule has 28 heavy (non-hydrogen) atoms. The molecule has 3 unspecified atom stereocenters. The minimum Gasteiger partial charge on any atom is -0.442 e. The summed E-state index contributed by atoms with van der Waals surface area (Å²) in [5.74, 6) is -0.515. The molecule has 9 heteroatoms. The Morgan fingerprint density at radius 2 is 2.11 bits per heavy atom. The number of carbonyl (C=O) groups excluding carboxylic acids is 2. The fourth-order valence-electron chi connectivity index (χ4n) is 4.56. The van der Waals surface area contributed by atoms with Crippen LogP contribution in [-0.4, -0.2) is 53.8 Å². The number of cyclic esters (lactones) is 1. The molecule has 0 radical (unpaired) electrons. The molecule has 2 amide bonds. The molecule has 1 N–H and O–H groups in total. The summed E-state index contributed by atoms with van der Waals surface area (Å²) in [4.78, 5) is 26.8. The molecule has 4 fully saturated rings. The van der Waals surface area contributed by atoms with Crippen LogP contribution >= 0.6 is 11.8 Å². The van der Waals surface area contributed by atoms with Gasteiger partial charge in [0, 0.05) is 30.3 Å². The van der Waals surface area contributed by atoms with Crippen LogP contribution in [0.15, 0.2) is 12.1 Å². The number of anilines is 2. The molecule has 4 aliphatic rings. The number of ether oxygens (including phenoxy) is 1. The van der Waals surface area contributed by atoms with Crippen LogP contribution in [0, 0.1) is 11.6 Å². The number of hydrogen-bond donors (Lipinski definition) is 1. The molecule has 1 aliphatic carbocycles. The number of nitrogens with zero attached hydrogens (tertiary/aromatic N) is 2. The summed E-state index contributed by atoms with van der Waals surface area (Å²) in [6.07, 6.45) is 0.912. The molecule has 3 aliphatic heterocycles. The lowest BCUT2D eigenvalue weighted by molar-refractivity contribution is -0.121. The molecule has 3 heterocycles. The Morgan fingerprint density at radius 3 is 2.68 bits per heavy atom. The quantitative estimate of drug-likeness (QED) is 0.783. The highest BCUT2D eigenvalue weighted by atomic mass is 32.2. The lowest BCUT2D eigenvalue weighted by Gasteiger charge is -2.55. The molecule has 0 bridgehead atoms. The van der Waals surface area contributed by atoms with Crippen molar-refractivity contribution in [1.29, 1.82) is 0 Å². The molecule has 150 valence electrons. The Labute approximate surface area is 165 Å². The minimum absolute atomic E-state index is 0.0168. The predicted molar refractivity (Wildman–Crippen MR) is 102 cm³/mol. The van der Waals surface area contributed by atoms with E-state index in [9.17, 15) is 18.4 Å². The minimum atomic E-state index is -0.665. The van der Waals surface area contributed by atoms with Crippen molar-refractivity contribution in [2.24, 2.45) is 0 Å². The summed E-state index contributed by atoms with van der Waals surface area (Å²) < 4.78 is 35.1. The van der Waals surface area contributed by atoms with E-state index in [1.807, 2.05) is 23.6 Å². The van der Waals surface area contributed by atoms with Gasteiger partial charge in [0.15, 0.2) is 11.6 Å². The van der Waals surface area contributed by atoms with Crippen LogP contribution in [0.3, 0.4) is 0 Å². The van der Waals surface area contributed by atoms with Crippen LogP contribution in [-0.2, 0) is 9.53 Å². The summed E-state index contributed by atoms with van der Waals surface area (Å²) in [5.41, 5.74) is 0.153. The van der Waals surface area contributed by atoms with Gasteiger partial charge in [-0.2, -0.15) is 0 Å². The molecular weight excluding hydrogens is 388 g/mol. The molecule has 1 aromatic rings. The lowest BCUT2D eigenvalue weighted by atomic mass is 10.0. The van der Waals surface area contributed by atoms with Gasteiger partial charge < -0.3 is 15.0 Å². The number of rotatable bonds is 6. The molecule has 1 aromatic carbocycles. The fraction of sp³-hybridized carbons (Fsp3) is 0.579. The Morgan fingerprint density at radius 1 is 1.36 bits per heavy atom. The summed E-state index contributed by atoms with van der Waals surface area (Å²) in [6, 6.07) is 2.86. The average Bonchev–Trinajstić information content (AvgIpc) is 3.25. The maximum absolute atomic E-state index is 14.8. The van der Waals surface area contributed by atoms with E-state index in [4.69, 9.17) is 4.74 Å². The van der Waals surface area contributed by atoms with Gasteiger partial charge in [-0.25, -0.2) is 13.6 Å². The van der Waals surface area contributed by atoms with E-state index in [1.165, 1.54) is 17.0 Å². The summed E-state index contributed by atoms with van der Waals surface area (Å²) in [6.45, 7) is 2.22. The van der Waals surface area contributed by atoms with Crippen LogP contribution in [0.25, 0.3) is 0 Å². The monoisotopic (exact) mass is 409 g/mol. The maximum Gasteiger partial charge on any atom is 0.414 e. The number of halogens is 2. The summed E-state index contributed by atoms with van der Waals surface area (Å²) in [5, 5.41) is 2.70. The molecule has 0 aromatic heterocycles. The van der Waals surface area contributed by atoms with Gasteiger partial charge in [-0.05, 0) is 12.8 Å². The molecule has 1 spiro atoms. The number of carbonyl (C=O) groups is 2. The first-order valence-electron chi connectivity index (χ1n) is 9.61. The predicted octanol–water partition coefficient (Wildman–Crippen LogP) is 2.65. The van der Waals surface area contributed by atoms with Gasteiger partial charge in [0.2, 0.25) is 5.91 Å². The highest BCUT2D eigenvalue weighted by molar-refractivity contribution is 8.02. The number of thioether (sulfide) groups is 1. The van der Waals surface area contributed by atoms with Crippen molar-refractivity contribution in [3.05, 3.63) is 23.8 Å². The molecule has 5 rings (SSSR count). The Kier molecular flexibility index (Phi) is 4.01. The SMILES string of the molecule is CCCC(=O)NC[C@H]1CN(c2cc(F)c(N3C4CSC45CC35)c(F)c2)C(=O)O1. The fourth-order valence-corrected chi connectivity index (χ4v) is 6.16. The third-order valence-electron chi connectivity index (χ3n) is 6.11. The Hall–Kier alpha value is -2.03. The molecule has 6 nitrogen and oxygen atoms in total. The van der Waals surface area contributed by atoms with Crippen LogP contribution in [0.5, 0.6) is 0 Å². The molecule has 3 saturated heterocycles. The van der Waals surface area contributed by atoms with E-state index in [2.05, 4.69) is 5.32 Å². The Balaban J connectivity index is 1.29. The van der Waals surface area contributed by atoms with Crippen LogP contribution in [0.2, 0.25) is 0 Å². The molecule has 1 saturated carbocycles. The van der Waals surface area contributed by atoms with Crippen LogP contribution < -0.4 is 15.1 Å². The van der Waals surface area contributed by atoms with Gasteiger partial charge in [0.05, 0.1) is 29.6 Å². The van der Waals surface area contributed by atoms with E-state index in [-0.39, 0.29) is 47.2 Å². The molecular formula is C19H21F2N3O3S. The van der Waals surface area contributed by atoms with Crippen molar-refractivity contribution >= 4 is 35.1 Å². The third kappa shape index (κ3) is 2.51. The van der Waals surface area contributed by atoms with E-state index in [0.29, 0.717) is 6.42 Å². The standard InChI is InChI=1S/C19H21F2N3O3S/c1-2-3-16(25)22-7-11-8-23(18(26)27-11)10-4-12(20)17(13(21)5-10)24-14-6-19(14)15(24)9-28-19/h4-5,11,14-15H,2-3,6-9H2,1H3,(H,22,25)/t11-,14?,15?,19?/m0/s1. The zero-order valence-electron chi connectivity index (χ0n) is 15.4. The first-order chi connectivity index (χ1) is 13.4. The smallest absolute Gasteiger partial charge is 0.414 e. The van der Waals surface area contributed by atoms with Gasteiger partial charge in [0.1, 0.15) is 11.8 Å². The average molecular weight is 409 g/mol. The normalized spacial score (nSPS) is 32.1. The second kappa shape index (κ2) is 6.23. The van der Waals surface area contributed by atoms with E-state index in [1.54, 1.807) is 0 Å². The zero-order chi connectivity index (χ0) is 19.6. The summed E-state index contributed by atoms with van der Waals surface area (Å²) >= 11 is 1.89. The van der Waals surface area contributed by atoms with E-state index >= 15 is 0 Å². The highest BCUT2D eigenvalue weighted by Crippen LogP contribution is 2.72. The van der Waals surface area contributed by atoms with Crippen molar-refractivity contribution in [2.75, 3.05) is 28.6 Å². The van der Waals surface area contributed by atoms with Crippen molar-refractivity contribution in [3.63, 3.8) is 0 Å². The van der Waals surface area contributed by atoms with Gasteiger partial charge in [-0.1, -0.05) is 6.92 Å².